The molecule has 0 fully saturated rings. The zero-order valence-electron chi connectivity index (χ0n) is 19.0. The van der Waals surface area contributed by atoms with Crippen molar-refractivity contribution in [3.8, 4) is 17.2 Å². The fourth-order valence-electron chi connectivity index (χ4n) is 3.43. The number of methoxy groups -OCH3 is 2. The molecule has 186 valence electrons. The zero-order chi connectivity index (χ0) is 25.9. The van der Waals surface area contributed by atoms with Crippen molar-refractivity contribution in [2.75, 3.05) is 14.2 Å². The van der Waals surface area contributed by atoms with E-state index in [0.29, 0.717) is 38.2 Å². The molecule has 3 aromatic rings. The highest BCUT2D eigenvalue weighted by atomic mass is 32.2. The fraction of sp³-hybridized carbons (Fsp3) is 0.115. The van der Waals surface area contributed by atoms with Crippen LogP contribution in [-0.4, -0.2) is 30.8 Å². The van der Waals surface area contributed by atoms with Crippen molar-refractivity contribution in [2.45, 2.75) is 11.3 Å². The highest BCUT2D eigenvalue weighted by Crippen LogP contribution is 2.44. The predicted molar refractivity (Wildman–Crippen MR) is 127 cm³/mol. The zero-order valence-corrected chi connectivity index (χ0v) is 19.8. The summed E-state index contributed by atoms with van der Waals surface area (Å²) in [6, 6.07) is 16.9. The first kappa shape index (κ1) is 25.1. The van der Waals surface area contributed by atoms with Crippen LogP contribution in [0, 0.1) is 0 Å². The molecule has 0 saturated heterocycles. The van der Waals surface area contributed by atoms with Crippen LogP contribution in [0.1, 0.15) is 16.7 Å². The summed E-state index contributed by atoms with van der Waals surface area (Å²) in [4.78, 5) is 12.0. The standard InChI is InChI=1S/C26H19F3O6S/c1-32-20-12-13-21-22(15-20)36(31)25(17-6-10-19(11-7-17)35-26(27,28)29)24(21)34-18-8-3-16(4-9-18)5-14-23(30)33-2/h3-15H,1-2H3. The van der Waals surface area contributed by atoms with Crippen molar-refractivity contribution in [3.63, 3.8) is 0 Å². The molecule has 6 nitrogen and oxygen atoms in total. The maximum Gasteiger partial charge on any atom is 0.573 e. The predicted octanol–water partition coefficient (Wildman–Crippen LogP) is 5.81. The van der Waals surface area contributed by atoms with Gasteiger partial charge in [0, 0.05) is 11.6 Å². The van der Waals surface area contributed by atoms with E-state index in [1.807, 2.05) is 0 Å². The molecule has 10 heteroatoms. The van der Waals surface area contributed by atoms with Crippen LogP contribution < -0.4 is 14.2 Å². The number of esters is 1. The Balaban J connectivity index is 1.71. The fourth-order valence-corrected chi connectivity index (χ4v) is 4.91. The molecule has 0 aliphatic carbocycles. The van der Waals surface area contributed by atoms with Gasteiger partial charge in [-0.15, -0.1) is 13.2 Å². The highest BCUT2D eigenvalue weighted by Gasteiger charge is 2.33. The van der Waals surface area contributed by atoms with Gasteiger partial charge in [-0.3, -0.25) is 0 Å². The van der Waals surface area contributed by atoms with Gasteiger partial charge in [-0.2, -0.15) is 0 Å². The quantitative estimate of drug-likeness (QED) is 0.292. The van der Waals surface area contributed by atoms with Gasteiger partial charge in [0.25, 0.3) is 0 Å². The minimum atomic E-state index is -4.82. The number of ether oxygens (including phenoxy) is 4. The first-order valence-electron chi connectivity index (χ1n) is 10.4. The summed E-state index contributed by atoms with van der Waals surface area (Å²) in [5, 5.41) is 0. The Morgan fingerprint density at radius 2 is 1.53 bits per heavy atom. The lowest BCUT2D eigenvalue weighted by Gasteiger charge is -2.12. The highest BCUT2D eigenvalue weighted by molar-refractivity contribution is 7.95. The topological polar surface area (TPSA) is 71.1 Å². The van der Waals surface area contributed by atoms with Crippen LogP contribution in [-0.2, 0) is 20.3 Å². The third-order valence-electron chi connectivity index (χ3n) is 5.09. The van der Waals surface area contributed by atoms with E-state index in [2.05, 4.69) is 9.47 Å². The van der Waals surface area contributed by atoms with Crippen LogP contribution in [0.3, 0.4) is 0 Å². The molecule has 0 bridgehead atoms. The van der Waals surface area contributed by atoms with Crippen molar-refractivity contribution < 1.29 is 41.1 Å². The van der Waals surface area contributed by atoms with Crippen molar-refractivity contribution in [2.24, 2.45) is 0 Å². The molecule has 0 N–H and O–H groups in total. The van der Waals surface area contributed by atoms with E-state index in [4.69, 9.17) is 9.47 Å². The van der Waals surface area contributed by atoms with Crippen LogP contribution in [0.25, 0.3) is 16.7 Å². The van der Waals surface area contributed by atoms with E-state index >= 15 is 0 Å². The van der Waals surface area contributed by atoms with E-state index < -0.39 is 28.9 Å². The minimum Gasteiger partial charge on any atom is -0.497 e. The second kappa shape index (κ2) is 10.3. The molecule has 0 aromatic heterocycles. The van der Waals surface area contributed by atoms with Crippen LogP contribution in [0.4, 0.5) is 13.2 Å². The molecule has 0 amide bonds. The second-order valence-electron chi connectivity index (χ2n) is 7.39. The Labute approximate surface area is 207 Å². The molecule has 1 aliphatic heterocycles. The molecule has 4 rings (SSSR count). The molecule has 1 unspecified atom stereocenters. The van der Waals surface area contributed by atoms with Gasteiger partial charge < -0.3 is 18.9 Å². The van der Waals surface area contributed by atoms with Crippen molar-refractivity contribution in [3.05, 3.63) is 89.5 Å². The average Bonchev–Trinajstić information content (AvgIpc) is 3.13. The van der Waals surface area contributed by atoms with Crippen molar-refractivity contribution >= 4 is 33.5 Å². The summed E-state index contributed by atoms with van der Waals surface area (Å²) < 4.78 is 71.0. The van der Waals surface area contributed by atoms with Gasteiger partial charge in [-0.25, -0.2) is 9.00 Å². The summed E-state index contributed by atoms with van der Waals surface area (Å²) in [5.41, 5.74) is 1.70. The van der Waals surface area contributed by atoms with Crippen LogP contribution in [0.5, 0.6) is 17.2 Å². The van der Waals surface area contributed by atoms with Crippen molar-refractivity contribution in [1.82, 2.24) is 0 Å². The van der Waals surface area contributed by atoms with Gasteiger partial charge in [0.05, 0.1) is 34.8 Å². The normalized spacial score (nSPS) is 15.1. The SMILES string of the molecule is COC(=O)C=Cc1ccc(OC2=C(c3ccc(OC(F)(F)F)cc3)S(=O)c3cc(OC)ccc32)cc1. The summed E-state index contributed by atoms with van der Waals surface area (Å²) in [7, 11) is 1.08. The first-order valence-corrected chi connectivity index (χ1v) is 11.6. The van der Waals surface area contributed by atoms with Gasteiger partial charge in [-0.1, -0.05) is 12.1 Å². The summed E-state index contributed by atoms with van der Waals surface area (Å²) in [6.07, 6.45) is -1.96. The van der Waals surface area contributed by atoms with E-state index in [0.717, 1.165) is 17.7 Å². The Hall–Kier alpha value is -4.05. The molecule has 0 saturated carbocycles. The van der Waals surface area contributed by atoms with E-state index in [1.54, 1.807) is 48.5 Å². The number of benzene rings is 3. The molecular formula is C26H19F3O6S. The van der Waals surface area contributed by atoms with Crippen LogP contribution >= 0.6 is 0 Å². The summed E-state index contributed by atoms with van der Waals surface area (Å²) in [6.45, 7) is 0. The maximum atomic E-state index is 13.5. The maximum absolute atomic E-state index is 13.5. The van der Waals surface area contributed by atoms with Crippen LogP contribution in [0.15, 0.2) is 77.7 Å². The monoisotopic (exact) mass is 516 g/mol. The second-order valence-corrected chi connectivity index (χ2v) is 8.77. The van der Waals surface area contributed by atoms with Gasteiger partial charge in [0.15, 0.2) is 5.76 Å². The number of halogens is 3. The molecule has 1 aliphatic rings. The van der Waals surface area contributed by atoms with Gasteiger partial charge in [0.2, 0.25) is 0 Å². The molecular weight excluding hydrogens is 497 g/mol. The smallest absolute Gasteiger partial charge is 0.497 e. The summed E-state index contributed by atoms with van der Waals surface area (Å²) in [5.74, 6) is 0.340. The Bertz CT molecular complexity index is 1360. The lowest BCUT2D eigenvalue weighted by atomic mass is 10.1. The number of rotatable bonds is 7. The van der Waals surface area contributed by atoms with Crippen LogP contribution in [0.2, 0.25) is 0 Å². The lowest BCUT2D eigenvalue weighted by Crippen LogP contribution is -2.17. The van der Waals surface area contributed by atoms with E-state index in [9.17, 15) is 22.2 Å². The Morgan fingerprint density at radius 1 is 0.889 bits per heavy atom. The molecule has 1 heterocycles. The number of carbonyl (C=O) groups excluding carboxylic acids is 1. The Morgan fingerprint density at radius 3 is 2.14 bits per heavy atom. The van der Waals surface area contributed by atoms with E-state index in [1.165, 1.54) is 32.4 Å². The van der Waals surface area contributed by atoms with E-state index in [-0.39, 0.29) is 0 Å². The largest absolute Gasteiger partial charge is 0.573 e. The number of fused-ring (bicyclic) bond motifs is 1. The molecule has 3 aromatic carbocycles. The number of alkyl halides is 3. The van der Waals surface area contributed by atoms with Gasteiger partial charge in [-0.05, 0) is 71.8 Å². The lowest BCUT2D eigenvalue weighted by molar-refractivity contribution is -0.274. The average molecular weight is 516 g/mol. The number of hydrogen-bond acceptors (Lipinski definition) is 6. The third kappa shape index (κ3) is 5.60. The summed E-state index contributed by atoms with van der Waals surface area (Å²) >= 11 is 0. The molecule has 0 spiro atoms. The van der Waals surface area contributed by atoms with Crippen molar-refractivity contribution in [1.29, 1.82) is 0 Å². The van der Waals surface area contributed by atoms with Gasteiger partial charge >= 0.3 is 12.3 Å². The Kier molecular flexibility index (Phi) is 7.16. The minimum absolute atomic E-state index is 0.298. The number of carbonyl (C=O) groups is 1. The van der Waals surface area contributed by atoms with Gasteiger partial charge in [0.1, 0.15) is 17.2 Å². The first-order chi connectivity index (χ1) is 17.2. The third-order valence-corrected chi connectivity index (χ3v) is 6.62. The number of hydrogen-bond donors (Lipinski definition) is 0. The molecule has 0 radical (unpaired) electrons. The molecule has 1 atom stereocenters. The molecule has 36 heavy (non-hydrogen) atoms.